The molecule has 1 atom stereocenters. The second-order valence-corrected chi connectivity index (χ2v) is 5.78. The minimum atomic E-state index is -0.514. The topological polar surface area (TPSA) is 35.9 Å². The van der Waals surface area contributed by atoms with E-state index in [1.54, 1.807) is 0 Å². The van der Waals surface area contributed by atoms with E-state index >= 15 is 0 Å². The third-order valence-corrected chi connectivity index (χ3v) is 3.94. The van der Waals surface area contributed by atoms with Gasteiger partial charge in [-0.25, -0.2) is 0 Å². The van der Waals surface area contributed by atoms with Crippen LogP contribution < -0.4 is 0 Å². The van der Waals surface area contributed by atoms with Crippen molar-refractivity contribution in [3.63, 3.8) is 0 Å². The van der Waals surface area contributed by atoms with Crippen LogP contribution in [-0.4, -0.2) is 72.5 Å². The van der Waals surface area contributed by atoms with E-state index < -0.39 is 5.60 Å². The number of aliphatic hydroxyl groups is 1. The molecule has 2 heterocycles. The Hall–Kier alpha value is -0.160. The van der Waals surface area contributed by atoms with Crippen LogP contribution in [0, 0.1) is 0 Å². The molecule has 4 nitrogen and oxygen atoms in total. The Kier molecular flexibility index (Phi) is 4.42. The molecule has 0 bridgehead atoms. The fraction of sp³-hybridized carbons (Fsp3) is 1.00. The normalized spacial score (nSPS) is 33.2. The van der Waals surface area contributed by atoms with Crippen LogP contribution in [0.4, 0.5) is 0 Å². The number of β-amino-alcohol motifs (C(OH)–C–C–N with tert-alkyl or cyclic N) is 1. The van der Waals surface area contributed by atoms with E-state index in [2.05, 4.69) is 23.6 Å². The van der Waals surface area contributed by atoms with Gasteiger partial charge in [0.15, 0.2) is 0 Å². The Morgan fingerprint density at radius 1 is 1.24 bits per heavy atom. The van der Waals surface area contributed by atoms with Crippen molar-refractivity contribution in [2.75, 3.05) is 45.9 Å². The summed E-state index contributed by atoms with van der Waals surface area (Å²) in [5, 5.41) is 10.7. The van der Waals surface area contributed by atoms with Crippen molar-refractivity contribution in [1.29, 1.82) is 0 Å². The third-order valence-electron chi connectivity index (χ3n) is 3.94. The molecule has 1 N–H and O–H groups in total. The van der Waals surface area contributed by atoms with Gasteiger partial charge in [-0.2, -0.15) is 0 Å². The molecular weight excluding hydrogens is 216 g/mol. The van der Waals surface area contributed by atoms with Crippen molar-refractivity contribution < 1.29 is 9.84 Å². The summed E-state index contributed by atoms with van der Waals surface area (Å²) in [5.41, 5.74) is -0.514. The van der Waals surface area contributed by atoms with Crippen LogP contribution in [0.5, 0.6) is 0 Å². The second kappa shape index (κ2) is 5.65. The van der Waals surface area contributed by atoms with Crippen LogP contribution in [-0.2, 0) is 4.74 Å². The highest BCUT2D eigenvalue weighted by Crippen LogP contribution is 2.24. The van der Waals surface area contributed by atoms with Crippen molar-refractivity contribution in [3.8, 4) is 0 Å². The average Bonchev–Trinajstić information content (AvgIpc) is 2.29. The first-order chi connectivity index (χ1) is 8.09. The molecule has 0 amide bonds. The van der Waals surface area contributed by atoms with Crippen LogP contribution in [0.2, 0.25) is 0 Å². The van der Waals surface area contributed by atoms with Crippen LogP contribution in [0.1, 0.15) is 26.7 Å². The first-order valence-corrected chi connectivity index (χ1v) is 6.86. The first-order valence-electron chi connectivity index (χ1n) is 6.86. The van der Waals surface area contributed by atoms with E-state index in [9.17, 15) is 5.11 Å². The van der Waals surface area contributed by atoms with Crippen molar-refractivity contribution >= 4 is 0 Å². The Balaban J connectivity index is 1.88. The molecule has 0 aromatic carbocycles. The van der Waals surface area contributed by atoms with Gasteiger partial charge in [0.05, 0.1) is 18.8 Å². The minimum Gasteiger partial charge on any atom is -0.387 e. The molecule has 4 heteroatoms. The van der Waals surface area contributed by atoms with Gasteiger partial charge < -0.3 is 9.84 Å². The molecular formula is C13H26N2O2. The second-order valence-electron chi connectivity index (χ2n) is 5.78. The maximum atomic E-state index is 10.7. The van der Waals surface area contributed by atoms with Gasteiger partial charge in [-0.3, -0.25) is 9.80 Å². The fourth-order valence-corrected chi connectivity index (χ4v) is 2.89. The predicted molar refractivity (Wildman–Crippen MR) is 68.2 cm³/mol. The Bertz CT molecular complexity index is 242. The molecule has 2 saturated heterocycles. The first kappa shape index (κ1) is 13.3. The summed E-state index contributed by atoms with van der Waals surface area (Å²) in [6.07, 6.45) is 2.05. The lowest BCUT2D eigenvalue weighted by Crippen LogP contribution is -2.57. The molecule has 0 saturated carbocycles. The van der Waals surface area contributed by atoms with Crippen molar-refractivity contribution in [2.45, 2.75) is 38.3 Å². The van der Waals surface area contributed by atoms with E-state index in [0.717, 1.165) is 58.8 Å². The van der Waals surface area contributed by atoms with E-state index in [1.165, 1.54) is 0 Å². The van der Waals surface area contributed by atoms with Gasteiger partial charge in [-0.1, -0.05) is 0 Å². The number of likely N-dealkylation sites (tertiary alicyclic amines) is 1. The molecule has 2 fully saturated rings. The zero-order chi connectivity index (χ0) is 12.3. The lowest BCUT2D eigenvalue weighted by Gasteiger charge is -2.44. The zero-order valence-corrected chi connectivity index (χ0v) is 11.2. The summed E-state index contributed by atoms with van der Waals surface area (Å²) in [5.74, 6) is 0. The number of piperidine rings is 1. The van der Waals surface area contributed by atoms with Gasteiger partial charge in [0, 0.05) is 32.2 Å². The summed E-state index contributed by atoms with van der Waals surface area (Å²) < 4.78 is 5.35. The highest BCUT2D eigenvalue weighted by atomic mass is 16.5. The monoisotopic (exact) mass is 242 g/mol. The number of ether oxygens (including phenoxy) is 1. The lowest BCUT2D eigenvalue weighted by molar-refractivity contribution is -0.0752. The molecule has 17 heavy (non-hydrogen) atoms. The van der Waals surface area contributed by atoms with Gasteiger partial charge >= 0.3 is 0 Å². The Morgan fingerprint density at radius 3 is 2.59 bits per heavy atom. The van der Waals surface area contributed by atoms with Crippen LogP contribution in [0.3, 0.4) is 0 Å². The van der Waals surface area contributed by atoms with E-state index in [1.807, 2.05) is 0 Å². The van der Waals surface area contributed by atoms with E-state index in [0.29, 0.717) is 6.04 Å². The Labute approximate surface area is 105 Å². The summed E-state index contributed by atoms with van der Waals surface area (Å²) in [6.45, 7) is 10.7. The number of hydrogen-bond donors (Lipinski definition) is 1. The van der Waals surface area contributed by atoms with Crippen molar-refractivity contribution in [1.82, 2.24) is 9.80 Å². The molecule has 2 aliphatic heterocycles. The molecule has 0 aromatic rings. The number of hydrogen-bond acceptors (Lipinski definition) is 4. The van der Waals surface area contributed by atoms with Crippen LogP contribution in [0.15, 0.2) is 0 Å². The molecule has 100 valence electrons. The lowest BCUT2D eigenvalue weighted by atomic mass is 9.91. The highest BCUT2D eigenvalue weighted by molar-refractivity contribution is 4.91. The van der Waals surface area contributed by atoms with Gasteiger partial charge in [0.2, 0.25) is 0 Å². The number of nitrogens with zero attached hydrogens (tertiary/aromatic N) is 2. The zero-order valence-electron chi connectivity index (χ0n) is 11.2. The summed E-state index contributed by atoms with van der Waals surface area (Å²) in [6, 6.07) is 0.534. The standard InChI is InChI=1S/C13H26N2O2/c1-12(2)15-5-3-4-13(16,11-15)10-14-6-8-17-9-7-14/h12,16H,3-11H2,1-2H3. The Morgan fingerprint density at radius 2 is 1.94 bits per heavy atom. The maximum Gasteiger partial charge on any atom is 0.0900 e. The van der Waals surface area contributed by atoms with E-state index in [-0.39, 0.29) is 0 Å². The summed E-state index contributed by atoms with van der Waals surface area (Å²) >= 11 is 0. The van der Waals surface area contributed by atoms with Crippen molar-refractivity contribution in [3.05, 3.63) is 0 Å². The van der Waals surface area contributed by atoms with Crippen LogP contribution >= 0.6 is 0 Å². The molecule has 2 rings (SSSR count). The summed E-state index contributed by atoms with van der Waals surface area (Å²) in [4.78, 5) is 4.73. The smallest absolute Gasteiger partial charge is 0.0900 e. The van der Waals surface area contributed by atoms with E-state index in [4.69, 9.17) is 4.74 Å². The third kappa shape index (κ3) is 3.65. The van der Waals surface area contributed by atoms with Gasteiger partial charge in [-0.15, -0.1) is 0 Å². The number of morpholine rings is 1. The minimum absolute atomic E-state index is 0.514. The van der Waals surface area contributed by atoms with Gasteiger partial charge in [0.1, 0.15) is 0 Å². The van der Waals surface area contributed by atoms with Gasteiger partial charge in [-0.05, 0) is 33.2 Å². The molecule has 0 radical (unpaired) electrons. The largest absolute Gasteiger partial charge is 0.387 e. The summed E-state index contributed by atoms with van der Waals surface area (Å²) in [7, 11) is 0. The quantitative estimate of drug-likeness (QED) is 0.784. The molecule has 2 aliphatic rings. The number of rotatable bonds is 3. The maximum absolute atomic E-state index is 10.7. The average molecular weight is 242 g/mol. The fourth-order valence-electron chi connectivity index (χ4n) is 2.89. The molecule has 0 spiro atoms. The van der Waals surface area contributed by atoms with Gasteiger partial charge in [0.25, 0.3) is 0 Å². The highest BCUT2D eigenvalue weighted by Gasteiger charge is 2.35. The predicted octanol–water partition coefficient (Wildman–Crippen LogP) is 0.554. The SMILES string of the molecule is CC(C)N1CCCC(O)(CN2CCOCC2)C1. The van der Waals surface area contributed by atoms with Crippen LogP contribution in [0.25, 0.3) is 0 Å². The molecule has 0 aliphatic carbocycles. The molecule has 1 unspecified atom stereocenters. The van der Waals surface area contributed by atoms with Crippen molar-refractivity contribution in [2.24, 2.45) is 0 Å². The molecule has 0 aromatic heterocycles.